The number of aromatic nitrogens is 2. The molecule has 5 heteroatoms. The van der Waals surface area contributed by atoms with Gasteiger partial charge in [0.25, 0.3) is 0 Å². The molecule has 1 saturated carbocycles. The third-order valence-corrected chi connectivity index (χ3v) is 4.61. The summed E-state index contributed by atoms with van der Waals surface area (Å²) >= 11 is 1.82. The summed E-state index contributed by atoms with van der Waals surface area (Å²) < 4.78 is 2.08. The smallest absolute Gasteiger partial charge is 0.0946 e. The number of thiophene rings is 1. The number of imidazole rings is 1. The van der Waals surface area contributed by atoms with E-state index in [1.807, 2.05) is 30.9 Å². The zero-order chi connectivity index (χ0) is 13.2. The van der Waals surface area contributed by atoms with Crippen molar-refractivity contribution in [2.75, 3.05) is 6.54 Å². The van der Waals surface area contributed by atoms with Crippen molar-refractivity contribution in [3.63, 3.8) is 0 Å². The second-order valence-electron chi connectivity index (χ2n) is 5.16. The Bertz CT molecular complexity index is 515. The summed E-state index contributed by atoms with van der Waals surface area (Å²) in [6.45, 7) is 1.64. The van der Waals surface area contributed by atoms with E-state index >= 15 is 0 Å². The van der Waals surface area contributed by atoms with E-state index in [-0.39, 0.29) is 6.04 Å². The van der Waals surface area contributed by atoms with E-state index in [4.69, 9.17) is 5.73 Å². The number of aryl methyl sites for hydroxylation is 1. The molecule has 1 aliphatic rings. The molecule has 0 aromatic carbocycles. The minimum absolute atomic E-state index is 0.266. The summed E-state index contributed by atoms with van der Waals surface area (Å²) in [5, 5.41) is 2.14. The van der Waals surface area contributed by atoms with Gasteiger partial charge >= 0.3 is 0 Å². The lowest BCUT2D eigenvalue weighted by atomic mass is 10.1. The molecule has 0 radical (unpaired) electrons. The van der Waals surface area contributed by atoms with Crippen LogP contribution in [-0.2, 0) is 13.6 Å². The van der Waals surface area contributed by atoms with Crippen LogP contribution >= 0.6 is 11.3 Å². The van der Waals surface area contributed by atoms with Crippen molar-refractivity contribution in [3.05, 3.63) is 40.6 Å². The van der Waals surface area contributed by atoms with E-state index in [0.29, 0.717) is 12.6 Å². The molecule has 2 aromatic rings. The molecule has 2 aromatic heterocycles. The summed E-state index contributed by atoms with van der Waals surface area (Å²) in [5.41, 5.74) is 7.26. The van der Waals surface area contributed by atoms with Gasteiger partial charge in [0.15, 0.2) is 0 Å². The second kappa shape index (κ2) is 5.45. The number of nitrogens with two attached hydrogens (primary N) is 1. The highest BCUT2D eigenvalue weighted by Gasteiger charge is 2.35. The van der Waals surface area contributed by atoms with Crippen molar-refractivity contribution in [2.45, 2.75) is 31.5 Å². The van der Waals surface area contributed by atoms with Crippen LogP contribution in [0.1, 0.15) is 29.5 Å². The third-order valence-electron chi connectivity index (χ3n) is 3.75. The number of hydrogen-bond donors (Lipinski definition) is 1. The topological polar surface area (TPSA) is 47.1 Å². The first kappa shape index (κ1) is 12.8. The average molecular weight is 276 g/mol. The molecule has 0 bridgehead atoms. The monoisotopic (exact) mass is 276 g/mol. The fourth-order valence-corrected chi connectivity index (χ4v) is 3.31. The maximum atomic E-state index is 6.05. The molecule has 4 nitrogen and oxygen atoms in total. The average Bonchev–Trinajstić information content (AvgIpc) is 2.97. The fourth-order valence-electron chi connectivity index (χ4n) is 2.60. The Hall–Kier alpha value is -1.17. The van der Waals surface area contributed by atoms with Gasteiger partial charge in [0, 0.05) is 37.3 Å². The van der Waals surface area contributed by atoms with Crippen molar-refractivity contribution in [1.29, 1.82) is 0 Å². The van der Waals surface area contributed by atoms with Gasteiger partial charge in [0.05, 0.1) is 18.1 Å². The molecule has 1 aliphatic carbocycles. The molecule has 0 spiro atoms. The Balaban J connectivity index is 1.83. The lowest BCUT2D eigenvalue weighted by molar-refractivity contribution is 0.177. The molecule has 1 unspecified atom stereocenters. The maximum Gasteiger partial charge on any atom is 0.0946 e. The van der Waals surface area contributed by atoms with Crippen LogP contribution in [0, 0.1) is 0 Å². The molecule has 19 heavy (non-hydrogen) atoms. The molecule has 0 amide bonds. The summed E-state index contributed by atoms with van der Waals surface area (Å²) in [4.78, 5) is 8.19. The molecule has 2 heterocycles. The van der Waals surface area contributed by atoms with E-state index in [1.165, 1.54) is 23.4 Å². The largest absolute Gasteiger partial charge is 0.336 e. The van der Waals surface area contributed by atoms with Crippen LogP contribution in [0.15, 0.2) is 30.0 Å². The molecule has 0 saturated heterocycles. The first-order valence-corrected chi connectivity index (χ1v) is 7.62. The minimum atomic E-state index is 0.266. The Kier molecular flexibility index (Phi) is 3.68. The highest BCUT2D eigenvalue weighted by Crippen LogP contribution is 2.35. The van der Waals surface area contributed by atoms with Crippen LogP contribution in [0.5, 0.6) is 0 Å². The van der Waals surface area contributed by atoms with Gasteiger partial charge in [-0.1, -0.05) is 6.07 Å². The van der Waals surface area contributed by atoms with Crippen molar-refractivity contribution >= 4 is 11.3 Å². The number of hydrogen-bond acceptors (Lipinski definition) is 4. The third kappa shape index (κ3) is 2.73. The van der Waals surface area contributed by atoms with Gasteiger partial charge in [0.2, 0.25) is 0 Å². The van der Waals surface area contributed by atoms with Gasteiger partial charge in [-0.25, -0.2) is 4.98 Å². The Morgan fingerprint density at radius 1 is 1.58 bits per heavy atom. The van der Waals surface area contributed by atoms with Gasteiger partial charge in [0.1, 0.15) is 0 Å². The van der Waals surface area contributed by atoms with Crippen LogP contribution in [-0.4, -0.2) is 27.0 Å². The molecular formula is C14H20N4S. The van der Waals surface area contributed by atoms with Crippen LogP contribution in [0.25, 0.3) is 0 Å². The summed E-state index contributed by atoms with van der Waals surface area (Å²) in [5.74, 6) is 0. The SMILES string of the molecule is Cn1cncc1C(CN)N(Cc1cccs1)C1CC1. The molecule has 102 valence electrons. The summed E-state index contributed by atoms with van der Waals surface area (Å²) in [6.07, 6.45) is 6.38. The number of nitrogens with zero attached hydrogens (tertiary/aromatic N) is 3. The van der Waals surface area contributed by atoms with Crippen LogP contribution in [0.3, 0.4) is 0 Å². The quantitative estimate of drug-likeness (QED) is 0.879. The summed E-state index contributed by atoms with van der Waals surface area (Å²) in [7, 11) is 2.04. The van der Waals surface area contributed by atoms with Crippen molar-refractivity contribution < 1.29 is 0 Å². The molecular weight excluding hydrogens is 256 g/mol. The van der Waals surface area contributed by atoms with Crippen molar-refractivity contribution in [2.24, 2.45) is 12.8 Å². The van der Waals surface area contributed by atoms with Crippen molar-refractivity contribution in [3.8, 4) is 0 Å². The normalized spacial score (nSPS) is 17.0. The van der Waals surface area contributed by atoms with Gasteiger partial charge in [-0.2, -0.15) is 0 Å². The predicted molar refractivity (Wildman–Crippen MR) is 77.9 cm³/mol. The van der Waals surface area contributed by atoms with E-state index < -0.39 is 0 Å². The summed E-state index contributed by atoms with van der Waals surface area (Å²) in [6, 6.07) is 5.27. The lowest BCUT2D eigenvalue weighted by Crippen LogP contribution is -2.35. The Morgan fingerprint density at radius 2 is 2.42 bits per heavy atom. The minimum Gasteiger partial charge on any atom is -0.336 e. The van der Waals surface area contributed by atoms with Crippen LogP contribution in [0.4, 0.5) is 0 Å². The van der Waals surface area contributed by atoms with Crippen LogP contribution < -0.4 is 5.73 Å². The Labute approximate surface area is 117 Å². The highest BCUT2D eigenvalue weighted by atomic mass is 32.1. The fraction of sp³-hybridized carbons (Fsp3) is 0.500. The molecule has 2 N–H and O–H groups in total. The first-order chi connectivity index (χ1) is 9.29. The lowest BCUT2D eigenvalue weighted by Gasteiger charge is -2.30. The molecule has 1 fully saturated rings. The maximum absolute atomic E-state index is 6.05. The van der Waals surface area contributed by atoms with E-state index in [0.717, 1.165) is 6.54 Å². The number of rotatable bonds is 6. The highest BCUT2D eigenvalue weighted by molar-refractivity contribution is 7.09. The van der Waals surface area contributed by atoms with Gasteiger partial charge in [-0.3, -0.25) is 4.90 Å². The first-order valence-electron chi connectivity index (χ1n) is 6.74. The predicted octanol–water partition coefficient (Wildman–Crippen LogP) is 2.15. The molecule has 1 atom stereocenters. The second-order valence-corrected chi connectivity index (χ2v) is 6.20. The van der Waals surface area contributed by atoms with Gasteiger partial charge in [-0.15, -0.1) is 11.3 Å². The van der Waals surface area contributed by atoms with Crippen LogP contribution in [0.2, 0.25) is 0 Å². The molecule has 0 aliphatic heterocycles. The van der Waals surface area contributed by atoms with E-state index in [9.17, 15) is 0 Å². The Morgan fingerprint density at radius 3 is 2.95 bits per heavy atom. The zero-order valence-corrected chi connectivity index (χ0v) is 12.0. The zero-order valence-electron chi connectivity index (χ0n) is 11.2. The van der Waals surface area contributed by atoms with Crippen molar-refractivity contribution in [1.82, 2.24) is 14.5 Å². The standard InChI is InChI=1S/C14H20N4S/c1-17-10-16-8-14(17)13(7-15)18(11-4-5-11)9-12-3-2-6-19-12/h2-3,6,8,10-11,13H,4-5,7,9,15H2,1H3. The van der Waals surface area contributed by atoms with Gasteiger partial charge in [-0.05, 0) is 24.3 Å². The molecule has 3 rings (SSSR count). The van der Waals surface area contributed by atoms with Gasteiger partial charge < -0.3 is 10.3 Å². The van der Waals surface area contributed by atoms with E-state index in [2.05, 4.69) is 32.0 Å². The van der Waals surface area contributed by atoms with E-state index in [1.54, 1.807) is 0 Å².